The lowest BCUT2D eigenvalue weighted by Crippen LogP contribution is -2.31. The minimum absolute atomic E-state index is 0.243. The molecule has 0 radical (unpaired) electrons. The van der Waals surface area contributed by atoms with Gasteiger partial charge < -0.3 is 9.80 Å². The number of aromatic nitrogens is 5. The maximum absolute atomic E-state index is 12.7. The molecule has 1 unspecified atom stereocenters. The van der Waals surface area contributed by atoms with E-state index in [0.717, 1.165) is 35.5 Å². The first kappa shape index (κ1) is 18.0. The molecule has 148 valence electrons. The SMILES string of the molecule is CN(C)C1CCN(c2ccc3cc(C(=O)Nc4nc5cnccn5n4)sc3n2)C1. The van der Waals surface area contributed by atoms with E-state index in [4.69, 9.17) is 4.98 Å². The van der Waals surface area contributed by atoms with Gasteiger partial charge in [-0.15, -0.1) is 16.4 Å². The van der Waals surface area contributed by atoms with Gasteiger partial charge in [-0.05, 0) is 38.7 Å². The van der Waals surface area contributed by atoms with Crippen LogP contribution in [0.1, 0.15) is 16.1 Å². The van der Waals surface area contributed by atoms with Crippen LogP contribution in [0.15, 0.2) is 36.8 Å². The summed E-state index contributed by atoms with van der Waals surface area (Å²) in [5.74, 6) is 0.971. The van der Waals surface area contributed by atoms with Gasteiger partial charge in [-0.25, -0.2) is 9.50 Å². The number of thiophene rings is 1. The highest BCUT2D eigenvalue weighted by molar-refractivity contribution is 7.20. The molecule has 0 aromatic carbocycles. The number of carbonyl (C=O) groups excluding carboxylic acids is 1. The van der Waals surface area contributed by atoms with Crippen LogP contribution in [-0.4, -0.2) is 68.6 Å². The van der Waals surface area contributed by atoms with Crippen molar-refractivity contribution in [3.63, 3.8) is 0 Å². The summed E-state index contributed by atoms with van der Waals surface area (Å²) in [6.45, 7) is 1.97. The van der Waals surface area contributed by atoms with E-state index in [2.05, 4.69) is 44.3 Å². The van der Waals surface area contributed by atoms with Gasteiger partial charge in [0.2, 0.25) is 5.95 Å². The molecule has 1 aliphatic rings. The molecule has 5 rings (SSSR count). The Labute approximate surface area is 171 Å². The Balaban J connectivity index is 1.36. The summed E-state index contributed by atoms with van der Waals surface area (Å²) in [4.78, 5) is 31.7. The predicted octanol–water partition coefficient (Wildman–Crippen LogP) is 2.13. The van der Waals surface area contributed by atoms with Crippen molar-refractivity contribution >= 4 is 44.9 Å². The third-order valence-electron chi connectivity index (χ3n) is 5.18. The first-order valence-corrected chi connectivity index (χ1v) is 10.2. The Kier molecular flexibility index (Phi) is 4.36. The molecule has 4 aromatic rings. The highest BCUT2D eigenvalue weighted by atomic mass is 32.1. The number of hydrogen-bond donors (Lipinski definition) is 1. The zero-order valence-electron chi connectivity index (χ0n) is 16.1. The van der Waals surface area contributed by atoms with E-state index < -0.39 is 0 Å². The lowest BCUT2D eigenvalue weighted by Gasteiger charge is -2.21. The van der Waals surface area contributed by atoms with Gasteiger partial charge in [0.1, 0.15) is 10.6 Å². The van der Waals surface area contributed by atoms with Crippen LogP contribution in [-0.2, 0) is 0 Å². The second-order valence-corrected chi connectivity index (χ2v) is 8.33. The second kappa shape index (κ2) is 7.05. The molecule has 0 aliphatic carbocycles. The fourth-order valence-corrected chi connectivity index (χ4v) is 4.45. The number of rotatable bonds is 4. The number of anilines is 2. The molecule has 1 fully saturated rings. The van der Waals surface area contributed by atoms with Crippen LogP contribution in [0.5, 0.6) is 0 Å². The van der Waals surface area contributed by atoms with E-state index in [1.807, 2.05) is 18.2 Å². The lowest BCUT2D eigenvalue weighted by molar-refractivity contribution is 0.103. The van der Waals surface area contributed by atoms with Crippen LogP contribution in [0.2, 0.25) is 0 Å². The van der Waals surface area contributed by atoms with E-state index >= 15 is 0 Å². The number of nitrogens with zero attached hydrogens (tertiary/aromatic N) is 7. The quantitative estimate of drug-likeness (QED) is 0.553. The van der Waals surface area contributed by atoms with Crippen molar-refractivity contribution in [3.8, 4) is 0 Å². The summed E-state index contributed by atoms with van der Waals surface area (Å²) in [5.41, 5.74) is 0.576. The summed E-state index contributed by atoms with van der Waals surface area (Å²) < 4.78 is 1.57. The van der Waals surface area contributed by atoms with Gasteiger partial charge in [0, 0.05) is 36.9 Å². The minimum Gasteiger partial charge on any atom is -0.355 e. The Bertz CT molecular complexity index is 1170. The zero-order chi connectivity index (χ0) is 20.0. The molecule has 1 aliphatic heterocycles. The Morgan fingerprint density at radius 1 is 1.31 bits per heavy atom. The smallest absolute Gasteiger partial charge is 0.268 e. The molecule has 0 saturated carbocycles. The Morgan fingerprint density at radius 2 is 2.21 bits per heavy atom. The molecule has 1 atom stereocenters. The molecule has 0 bridgehead atoms. The van der Waals surface area contributed by atoms with Crippen molar-refractivity contribution in [3.05, 3.63) is 41.7 Å². The molecule has 1 saturated heterocycles. The van der Waals surface area contributed by atoms with Crippen molar-refractivity contribution < 1.29 is 4.79 Å². The molecule has 1 amide bonds. The highest BCUT2D eigenvalue weighted by Gasteiger charge is 2.25. The number of pyridine rings is 1. The number of amides is 1. The summed E-state index contributed by atoms with van der Waals surface area (Å²) in [7, 11) is 4.23. The molecule has 29 heavy (non-hydrogen) atoms. The monoisotopic (exact) mass is 408 g/mol. The molecule has 1 N–H and O–H groups in total. The number of fused-ring (bicyclic) bond motifs is 2. The summed E-state index contributed by atoms with van der Waals surface area (Å²) in [6.07, 6.45) is 6.02. The van der Waals surface area contributed by atoms with E-state index in [0.29, 0.717) is 16.6 Å². The second-order valence-electron chi connectivity index (χ2n) is 7.30. The van der Waals surface area contributed by atoms with Crippen LogP contribution in [0.4, 0.5) is 11.8 Å². The summed E-state index contributed by atoms with van der Waals surface area (Å²) >= 11 is 1.38. The van der Waals surface area contributed by atoms with Crippen molar-refractivity contribution in [2.75, 3.05) is 37.4 Å². The van der Waals surface area contributed by atoms with Gasteiger partial charge in [0.25, 0.3) is 5.91 Å². The maximum Gasteiger partial charge on any atom is 0.268 e. The Hall–Kier alpha value is -3.11. The van der Waals surface area contributed by atoms with E-state index in [9.17, 15) is 4.79 Å². The van der Waals surface area contributed by atoms with E-state index in [1.165, 1.54) is 11.3 Å². The predicted molar refractivity (Wildman–Crippen MR) is 113 cm³/mol. The van der Waals surface area contributed by atoms with Crippen molar-refractivity contribution in [2.24, 2.45) is 0 Å². The van der Waals surface area contributed by atoms with Crippen LogP contribution in [0, 0.1) is 0 Å². The number of nitrogens with one attached hydrogen (secondary N) is 1. The average Bonchev–Trinajstić information content (AvgIpc) is 3.43. The fourth-order valence-electron chi connectivity index (χ4n) is 3.53. The van der Waals surface area contributed by atoms with Crippen LogP contribution in [0.25, 0.3) is 15.9 Å². The largest absolute Gasteiger partial charge is 0.355 e. The van der Waals surface area contributed by atoms with Crippen LogP contribution >= 0.6 is 11.3 Å². The van der Waals surface area contributed by atoms with Gasteiger partial charge in [-0.2, -0.15) is 4.98 Å². The van der Waals surface area contributed by atoms with Gasteiger partial charge in [-0.3, -0.25) is 15.1 Å². The first-order valence-electron chi connectivity index (χ1n) is 9.36. The normalized spacial score (nSPS) is 16.9. The number of hydrogen-bond acceptors (Lipinski definition) is 8. The van der Waals surface area contributed by atoms with E-state index in [1.54, 1.807) is 23.1 Å². The van der Waals surface area contributed by atoms with Gasteiger partial charge in [-0.1, -0.05) is 0 Å². The topological polar surface area (TPSA) is 91.5 Å². The van der Waals surface area contributed by atoms with Crippen molar-refractivity contribution in [1.29, 1.82) is 0 Å². The van der Waals surface area contributed by atoms with Gasteiger partial charge in [0.05, 0.1) is 11.1 Å². The van der Waals surface area contributed by atoms with Crippen LogP contribution < -0.4 is 10.2 Å². The van der Waals surface area contributed by atoms with Crippen molar-refractivity contribution in [2.45, 2.75) is 12.5 Å². The third-order valence-corrected chi connectivity index (χ3v) is 6.22. The fraction of sp³-hybridized carbons (Fsp3) is 0.316. The molecular weight excluding hydrogens is 388 g/mol. The summed E-state index contributed by atoms with van der Waals surface area (Å²) in [6, 6.07) is 6.47. The number of carbonyl (C=O) groups is 1. The standard InChI is InChI=1S/C19H20N8OS/c1-25(2)13-5-7-26(11-13)15-4-3-12-9-14(29-18(12)21-15)17(28)23-19-22-16-10-20-6-8-27(16)24-19/h3-4,6,8-10,13H,5,7,11H2,1-2H3,(H,23,24,28). The molecular formula is C19H20N8OS. The van der Waals surface area contributed by atoms with Crippen LogP contribution in [0.3, 0.4) is 0 Å². The zero-order valence-corrected chi connectivity index (χ0v) is 16.9. The minimum atomic E-state index is -0.243. The van der Waals surface area contributed by atoms with Gasteiger partial charge in [0.15, 0.2) is 5.65 Å². The Morgan fingerprint density at radius 3 is 3.00 bits per heavy atom. The summed E-state index contributed by atoms with van der Waals surface area (Å²) in [5, 5.41) is 7.94. The first-order chi connectivity index (χ1) is 14.1. The van der Waals surface area contributed by atoms with Crippen molar-refractivity contribution in [1.82, 2.24) is 29.5 Å². The maximum atomic E-state index is 12.7. The molecule has 4 aromatic heterocycles. The average molecular weight is 408 g/mol. The molecule has 0 spiro atoms. The lowest BCUT2D eigenvalue weighted by atomic mass is 10.2. The van der Waals surface area contributed by atoms with E-state index in [-0.39, 0.29) is 11.9 Å². The molecule has 5 heterocycles. The number of likely N-dealkylation sites (N-methyl/N-ethyl adjacent to an activating group) is 1. The third kappa shape index (κ3) is 3.40. The van der Waals surface area contributed by atoms with Gasteiger partial charge >= 0.3 is 0 Å². The highest BCUT2D eigenvalue weighted by Crippen LogP contribution is 2.28. The molecule has 10 heteroatoms. The molecule has 9 nitrogen and oxygen atoms in total.